The lowest BCUT2D eigenvalue weighted by atomic mass is 10.1. The number of methoxy groups -OCH3 is 2. The summed E-state index contributed by atoms with van der Waals surface area (Å²) in [5, 5.41) is 5.82. The van der Waals surface area contributed by atoms with E-state index in [1.54, 1.807) is 62.9 Å². The van der Waals surface area contributed by atoms with Gasteiger partial charge in [-0.05, 0) is 29.8 Å². The van der Waals surface area contributed by atoms with Crippen molar-refractivity contribution in [2.75, 3.05) is 14.2 Å². The number of nitrogens with two attached hydrogens (primary N) is 1. The number of rotatable bonds is 6. The van der Waals surface area contributed by atoms with Crippen LogP contribution in [0.5, 0.6) is 23.0 Å². The van der Waals surface area contributed by atoms with E-state index in [-0.39, 0.29) is 5.75 Å². The van der Waals surface area contributed by atoms with E-state index in [9.17, 15) is 8.42 Å². The lowest BCUT2D eigenvalue weighted by Gasteiger charge is -2.12. The highest BCUT2D eigenvalue weighted by Gasteiger charge is 2.11. The third kappa shape index (κ3) is 4.04. The molecule has 1 aromatic heterocycles. The smallest absolute Gasteiger partial charge is 0.213 e. The second-order valence-electron chi connectivity index (χ2n) is 5.59. The lowest BCUT2D eigenvalue weighted by Crippen LogP contribution is -2.14. The number of nitrogens with zero attached hydrogens (tertiary/aromatic N) is 1. The summed E-state index contributed by atoms with van der Waals surface area (Å²) in [7, 11) is -0.444. The minimum atomic E-state index is -3.57. The molecule has 136 valence electrons. The molecule has 0 amide bonds. The number of ether oxygens (including phenoxy) is 3. The molecule has 0 fully saturated rings. The van der Waals surface area contributed by atoms with Gasteiger partial charge >= 0.3 is 0 Å². The van der Waals surface area contributed by atoms with Gasteiger partial charge in [0.05, 0.1) is 25.5 Å². The average molecular weight is 374 g/mol. The summed E-state index contributed by atoms with van der Waals surface area (Å²) in [6.45, 7) is 0. The van der Waals surface area contributed by atoms with E-state index in [0.717, 1.165) is 5.39 Å². The summed E-state index contributed by atoms with van der Waals surface area (Å²) in [6.07, 6.45) is 1.64. The Balaban J connectivity index is 1.93. The molecular weight excluding hydrogens is 356 g/mol. The van der Waals surface area contributed by atoms with Crippen molar-refractivity contribution in [3.05, 3.63) is 54.2 Å². The van der Waals surface area contributed by atoms with Gasteiger partial charge in [0.1, 0.15) is 11.5 Å². The monoisotopic (exact) mass is 374 g/mol. The number of hydrogen-bond acceptors (Lipinski definition) is 6. The molecular formula is C18H18N2O5S. The van der Waals surface area contributed by atoms with Crippen LogP contribution >= 0.6 is 0 Å². The van der Waals surface area contributed by atoms with Gasteiger partial charge < -0.3 is 14.2 Å². The number of primary sulfonamides is 1. The summed E-state index contributed by atoms with van der Waals surface area (Å²) in [5.74, 6) is 2.08. The molecule has 0 saturated heterocycles. The number of hydrogen-bond donors (Lipinski definition) is 1. The summed E-state index contributed by atoms with van der Waals surface area (Å²) in [5.41, 5.74) is 1.29. The molecule has 1 heterocycles. The maximum Gasteiger partial charge on any atom is 0.213 e. The highest BCUT2D eigenvalue weighted by atomic mass is 32.2. The molecule has 0 unspecified atom stereocenters. The minimum absolute atomic E-state index is 0.220. The van der Waals surface area contributed by atoms with Gasteiger partial charge in [0, 0.05) is 17.6 Å². The molecule has 26 heavy (non-hydrogen) atoms. The molecule has 2 aromatic carbocycles. The van der Waals surface area contributed by atoms with Crippen molar-refractivity contribution in [3.8, 4) is 23.0 Å². The van der Waals surface area contributed by atoms with E-state index in [4.69, 9.17) is 19.3 Å². The van der Waals surface area contributed by atoms with E-state index in [1.807, 2.05) is 0 Å². The van der Waals surface area contributed by atoms with Gasteiger partial charge in [-0.2, -0.15) is 0 Å². The lowest BCUT2D eigenvalue weighted by molar-refractivity contribution is 0.355. The number of benzene rings is 2. The van der Waals surface area contributed by atoms with Crippen LogP contribution in [0.1, 0.15) is 5.56 Å². The maximum atomic E-state index is 11.2. The first-order valence-corrected chi connectivity index (χ1v) is 9.39. The zero-order valence-electron chi connectivity index (χ0n) is 14.3. The SMILES string of the molecule is COc1cc2nccc(Oc3ccc(CS(N)(=O)=O)cc3)c2cc1OC. The summed E-state index contributed by atoms with van der Waals surface area (Å²) < 4.78 is 38.9. The number of sulfonamides is 1. The van der Waals surface area contributed by atoms with Crippen LogP contribution in [-0.4, -0.2) is 27.6 Å². The zero-order chi connectivity index (χ0) is 18.7. The van der Waals surface area contributed by atoms with Gasteiger partial charge in [-0.15, -0.1) is 0 Å². The highest BCUT2D eigenvalue weighted by molar-refractivity contribution is 7.88. The van der Waals surface area contributed by atoms with Crippen LogP contribution in [0, 0.1) is 0 Å². The van der Waals surface area contributed by atoms with Gasteiger partial charge in [-0.3, -0.25) is 4.98 Å². The predicted octanol–water partition coefficient (Wildman–Crippen LogP) is 2.83. The Labute approximate surface area is 151 Å². The van der Waals surface area contributed by atoms with Gasteiger partial charge in [0.25, 0.3) is 0 Å². The van der Waals surface area contributed by atoms with Gasteiger partial charge in [-0.25, -0.2) is 13.6 Å². The Hall–Kier alpha value is -2.84. The van der Waals surface area contributed by atoms with E-state index >= 15 is 0 Å². The molecule has 0 aliphatic rings. The van der Waals surface area contributed by atoms with Crippen LogP contribution in [-0.2, 0) is 15.8 Å². The summed E-state index contributed by atoms with van der Waals surface area (Å²) in [4.78, 5) is 4.33. The molecule has 7 nitrogen and oxygen atoms in total. The Bertz CT molecular complexity index is 1030. The standard InChI is InChI=1S/C18H18N2O5S/c1-23-17-9-14-15(10-18(17)24-2)20-8-7-16(14)25-13-5-3-12(4-6-13)11-26(19,21)22/h3-10H,11H2,1-2H3,(H2,19,21,22). The van der Waals surface area contributed by atoms with Crippen molar-refractivity contribution >= 4 is 20.9 Å². The number of fused-ring (bicyclic) bond motifs is 1. The van der Waals surface area contributed by atoms with E-state index in [1.165, 1.54) is 0 Å². The molecule has 3 aromatic rings. The fraction of sp³-hybridized carbons (Fsp3) is 0.167. The van der Waals surface area contributed by atoms with Crippen molar-refractivity contribution in [1.29, 1.82) is 0 Å². The zero-order valence-corrected chi connectivity index (χ0v) is 15.1. The molecule has 8 heteroatoms. The molecule has 3 rings (SSSR count). The first kappa shape index (κ1) is 18.0. The van der Waals surface area contributed by atoms with Gasteiger partial charge in [0.2, 0.25) is 10.0 Å². The van der Waals surface area contributed by atoms with Crippen LogP contribution in [0.2, 0.25) is 0 Å². The number of aromatic nitrogens is 1. The van der Waals surface area contributed by atoms with Crippen molar-refractivity contribution in [1.82, 2.24) is 4.98 Å². The van der Waals surface area contributed by atoms with Gasteiger partial charge in [0.15, 0.2) is 11.5 Å². The molecule has 2 N–H and O–H groups in total. The second-order valence-corrected chi connectivity index (χ2v) is 7.20. The second kappa shape index (κ2) is 7.19. The van der Waals surface area contributed by atoms with Crippen LogP contribution < -0.4 is 19.3 Å². The van der Waals surface area contributed by atoms with Crippen LogP contribution in [0.4, 0.5) is 0 Å². The first-order chi connectivity index (χ1) is 12.4. The quantitative estimate of drug-likeness (QED) is 0.712. The maximum absolute atomic E-state index is 11.2. The number of pyridine rings is 1. The Morgan fingerprint density at radius 3 is 2.23 bits per heavy atom. The van der Waals surface area contributed by atoms with E-state index < -0.39 is 10.0 Å². The van der Waals surface area contributed by atoms with Crippen LogP contribution in [0.25, 0.3) is 10.9 Å². The predicted molar refractivity (Wildman–Crippen MR) is 98.2 cm³/mol. The molecule has 0 saturated carbocycles. The van der Waals surface area contributed by atoms with Crippen molar-refractivity contribution in [2.45, 2.75) is 5.75 Å². The Morgan fingerprint density at radius 2 is 1.62 bits per heavy atom. The largest absolute Gasteiger partial charge is 0.493 e. The Kier molecular flexibility index (Phi) is 4.97. The first-order valence-electron chi connectivity index (χ1n) is 7.67. The molecule has 0 aliphatic heterocycles. The molecule has 0 radical (unpaired) electrons. The molecule has 0 spiro atoms. The molecule has 0 atom stereocenters. The third-order valence-electron chi connectivity index (χ3n) is 3.73. The van der Waals surface area contributed by atoms with E-state index in [0.29, 0.717) is 34.1 Å². The highest BCUT2D eigenvalue weighted by Crippen LogP contribution is 2.36. The Morgan fingerprint density at radius 1 is 0.962 bits per heavy atom. The van der Waals surface area contributed by atoms with Crippen molar-refractivity contribution in [3.63, 3.8) is 0 Å². The van der Waals surface area contributed by atoms with Crippen LogP contribution in [0.3, 0.4) is 0 Å². The molecule has 0 bridgehead atoms. The molecule has 0 aliphatic carbocycles. The fourth-order valence-electron chi connectivity index (χ4n) is 2.55. The van der Waals surface area contributed by atoms with Crippen molar-refractivity contribution in [2.24, 2.45) is 5.14 Å². The topological polar surface area (TPSA) is 101 Å². The van der Waals surface area contributed by atoms with Gasteiger partial charge in [-0.1, -0.05) is 12.1 Å². The normalized spacial score (nSPS) is 11.3. The minimum Gasteiger partial charge on any atom is -0.493 e. The summed E-state index contributed by atoms with van der Waals surface area (Å²) in [6, 6.07) is 12.0. The fourth-order valence-corrected chi connectivity index (χ4v) is 3.21. The van der Waals surface area contributed by atoms with Crippen LogP contribution in [0.15, 0.2) is 48.7 Å². The summed E-state index contributed by atoms with van der Waals surface area (Å²) >= 11 is 0. The third-order valence-corrected chi connectivity index (χ3v) is 4.46. The van der Waals surface area contributed by atoms with E-state index in [2.05, 4.69) is 4.98 Å². The van der Waals surface area contributed by atoms with Crippen molar-refractivity contribution < 1.29 is 22.6 Å². The average Bonchev–Trinajstić information content (AvgIpc) is 2.61.